The van der Waals surface area contributed by atoms with Gasteiger partial charge in [0.25, 0.3) is 0 Å². The smallest absolute Gasteiger partial charge is 0.123 e. The van der Waals surface area contributed by atoms with Crippen LogP contribution in [0.2, 0.25) is 0 Å². The Morgan fingerprint density at radius 2 is 1.73 bits per heavy atom. The summed E-state index contributed by atoms with van der Waals surface area (Å²) < 4.78 is 12.8. The summed E-state index contributed by atoms with van der Waals surface area (Å²) in [5.74, 6) is 2.20. The van der Waals surface area contributed by atoms with Gasteiger partial charge in [0.1, 0.15) is 5.82 Å². The molecule has 1 aliphatic rings. The molecule has 0 amide bonds. The molecule has 1 heterocycles. The lowest BCUT2D eigenvalue weighted by atomic mass is 10.2. The minimum atomic E-state index is -0.164. The summed E-state index contributed by atoms with van der Waals surface area (Å²) in [7, 11) is 0. The Labute approximate surface area is 98.3 Å². The number of hydrogen-bond donors (Lipinski definition) is 0. The third-order valence-electron chi connectivity index (χ3n) is 2.28. The monoisotopic (exact) mass is 240 g/mol. The first-order valence-electron chi connectivity index (χ1n) is 5.00. The Morgan fingerprint density at radius 1 is 1.07 bits per heavy atom. The maximum Gasteiger partial charge on any atom is 0.123 e. The summed E-state index contributed by atoms with van der Waals surface area (Å²) in [5, 5.41) is 0. The second-order valence-corrected chi connectivity index (χ2v) is 5.86. The quantitative estimate of drug-likeness (QED) is 0.714. The van der Waals surface area contributed by atoms with Crippen molar-refractivity contribution in [3.05, 3.63) is 40.6 Å². The first-order chi connectivity index (χ1) is 7.27. The Kier molecular flexibility index (Phi) is 3.76. The summed E-state index contributed by atoms with van der Waals surface area (Å²) in [6.45, 7) is 2.15. The van der Waals surface area contributed by atoms with Gasteiger partial charge in [-0.3, -0.25) is 0 Å². The molecule has 0 atom stereocenters. The molecule has 1 aromatic carbocycles. The van der Waals surface area contributed by atoms with Crippen LogP contribution < -0.4 is 0 Å². The molecule has 0 saturated heterocycles. The van der Waals surface area contributed by atoms with Gasteiger partial charge in [0, 0.05) is 4.91 Å². The molecule has 0 unspecified atom stereocenters. The predicted molar refractivity (Wildman–Crippen MR) is 68.5 cm³/mol. The first kappa shape index (κ1) is 11.1. The van der Waals surface area contributed by atoms with Crippen molar-refractivity contribution in [2.45, 2.75) is 13.3 Å². The Morgan fingerprint density at radius 3 is 2.47 bits per heavy atom. The molecule has 0 aliphatic carbocycles. The molecular weight excluding hydrogens is 227 g/mol. The van der Waals surface area contributed by atoms with Crippen LogP contribution in [-0.2, 0) is 0 Å². The van der Waals surface area contributed by atoms with Gasteiger partial charge in [-0.2, -0.15) is 0 Å². The maximum atomic E-state index is 12.8. The zero-order valence-corrected chi connectivity index (χ0v) is 10.3. The fourth-order valence-electron chi connectivity index (χ4n) is 1.51. The van der Waals surface area contributed by atoms with Crippen LogP contribution in [0.3, 0.4) is 0 Å². The number of thioether (sulfide) groups is 2. The summed E-state index contributed by atoms with van der Waals surface area (Å²) in [5.41, 5.74) is 1.15. The van der Waals surface area contributed by atoms with E-state index >= 15 is 0 Å². The molecule has 15 heavy (non-hydrogen) atoms. The third-order valence-corrected chi connectivity index (χ3v) is 4.86. The predicted octanol–water partition coefficient (Wildman–Crippen LogP) is 4.38. The highest BCUT2D eigenvalue weighted by Gasteiger charge is 2.10. The van der Waals surface area contributed by atoms with Crippen molar-refractivity contribution in [2.24, 2.45) is 0 Å². The number of allylic oxidation sites excluding steroid dienone is 1. The standard InChI is InChI=1S/C12H13FS2/c1-9-12(15-8-2-7-14-9)10-3-5-11(13)6-4-10/h3-6H,2,7-8H2,1H3. The highest BCUT2D eigenvalue weighted by molar-refractivity contribution is 8.11. The van der Waals surface area contributed by atoms with Crippen LogP contribution in [0.25, 0.3) is 4.91 Å². The Hall–Kier alpha value is -0.410. The van der Waals surface area contributed by atoms with E-state index in [2.05, 4.69) is 6.92 Å². The van der Waals surface area contributed by atoms with E-state index in [9.17, 15) is 4.39 Å². The van der Waals surface area contributed by atoms with Crippen molar-refractivity contribution in [3.63, 3.8) is 0 Å². The van der Waals surface area contributed by atoms with Gasteiger partial charge < -0.3 is 0 Å². The topological polar surface area (TPSA) is 0 Å². The average Bonchev–Trinajstić information content (AvgIpc) is 2.44. The first-order valence-corrected chi connectivity index (χ1v) is 6.97. The van der Waals surface area contributed by atoms with Crippen LogP contribution in [0.1, 0.15) is 18.9 Å². The van der Waals surface area contributed by atoms with E-state index in [1.54, 1.807) is 0 Å². The van der Waals surface area contributed by atoms with Crippen LogP contribution in [0.15, 0.2) is 29.2 Å². The highest BCUT2D eigenvalue weighted by Crippen LogP contribution is 2.38. The van der Waals surface area contributed by atoms with E-state index in [1.165, 1.54) is 34.1 Å². The van der Waals surface area contributed by atoms with E-state index in [0.717, 1.165) is 11.3 Å². The molecule has 80 valence electrons. The lowest BCUT2D eigenvalue weighted by Gasteiger charge is -2.07. The zero-order valence-electron chi connectivity index (χ0n) is 8.63. The molecule has 0 fully saturated rings. The van der Waals surface area contributed by atoms with Gasteiger partial charge in [-0.05, 0) is 47.5 Å². The number of rotatable bonds is 1. The molecule has 1 aromatic rings. The fourth-order valence-corrected chi connectivity index (χ4v) is 3.89. The van der Waals surface area contributed by atoms with Crippen molar-refractivity contribution < 1.29 is 4.39 Å². The third kappa shape index (κ3) is 2.79. The van der Waals surface area contributed by atoms with Crippen LogP contribution in [0, 0.1) is 5.82 Å². The van der Waals surface area contributed by atoms with Crippen LogP contribution in [-0.4, -0.2) is 11.5 Å². The zero-order chi connectivity index (χ0) is 10.7. The molecule has 0 bridgehead atoms. The highest BCUT2D eigenvalue weighted by atomic mass is 32.2. The normalized spacial score (nSPS) is 17.7. The van der Waals surface area contributed by atoms with Gasteiger partial charge >= 0.3 is 0 Å². The van der Waals surface area contributed by atoms with Gasteiger partial charge in [0.05, 0.1) is 0 Å². The van der Waals surface area contributed by atoms with Gasteiger partial charge in [0.2, 0.25) is 0 Å². The summed E-state index contributed by atoms with van der Waals surface area (Å²) in [6, 6.07) is 6.80. The second-order valence-electron chi connectivity index (χ2n) is 3.44. The van der Waals surface area contributed by atoms with Gasteiger partial charge in [-0.15, -0.1) is 23.5 Å². The van der Waals surface area contributed by atoms with Gasteiger partial charge in [0.15, 0.2) is 0 Å². The van der Waals surface area contributed by atoms with Crippen molar-refractivity contribution in [1.82, 2.24) is 0 Å². The van der Waals surface area contributed by atoms with Crippen molar-refractivity contribution >= 4 is 28.4 Å². The maximum absolute atomic E-state index is 12.8. The van der Waals surface area contributed by atoms with E-state index in [0.29, 0.717) is 0 Å². The second kappa shape index (κ2) is 5.08. The molecule has 0 spiro atoms. The molecular formula is C12H13FS2. The number of hydrogen-bond acceptors (Lipinski definition) is 2. The molecule has 0 radical (unpaired) electrons. The molecule has 1 aliphatic heterocycles. The lowest BCUT2D eigenvalue weighted by molar-refractivity contribution is 0.627. The fraction of sp³-hybridized carbons (Fsp3) is 0.333. The number of halogens is 1. The Balaban J connectivity index is 2.31. The van der Waals surface area contributed by atoms with Crippen LogP contribution in [0.5, 0.6) is 0 Å². The van der Waals surface area contributed by atoms with Crippen molar-refractivity contribution in [3.8, 4) is 0 Å². The molecule has 2 rings (SSSR count). The Bertz CT molecular complexity index is 368. The van der Waals surface area contributed by atoms with E-state index < -0.39 is 0 Å². The molecule has 0 aromatic heterocycles. The van der Waals surface area contributed by atoms with Gasteiger partial charge in [-0.1, -0.05) is 12.1 Å². The molecule has 0 N–H and O–H groups in total. The summed E-state index contributed by atoms with van der Waals surface area (Å²) in [4.78, 5) is 2.68. The minimum Gasteiger partial charge on any atom is -0.207 e. The molecule has 0 saturated carbocycles. The lowest BCUT2D eigenvalue weighted by Crippen LogP contribution is -1.84. The van der Waals surface area contributed by atoms with Crippen molar-refractivity contribution in [2.75, 3.05) is 11.5 Å². The molecule has 3 heteroatoms. The van der Waals surface area contributed by atoms with Crippen molar-refractivity contribution in [1.29, 1.82) is 0 Å². The average molecular weight is 240 g/mol. The van der Waals surface area contributed by atoms with Gasteiger partial charge in [-0.25, -0.2) is 4.39 Å². The van der Waals surface area contributed by atoms with Crippen LogP contribution >= 0.6 is 23.5 Å². The minimum absolute atomic E-state index is 0.164. The van der Waals surface area contributed by atoms with E-state index in [1.807, 2.05) is 35.7 Å². The SMILES string of the molecule is CC1=C(c2ccc(F)cc2)SCCCS1. The molecule has 0 nitrogen and oxygen atoms in total. The summed E-state index contributed by atoms with van der Waals surface area (Å²) in [6.07, 6.45) is 1.25. The van der Waals surface area contributed by atoms with Crippen LogP contribution in [0.4, 0.5) is 4.39 Å². The van der Waals surface area contributed by atoms with E-state index in [4.69, 9.17) is 0 Å². The van der Waals surface area contributed by atoms with E-state index in [-0.39, 0.29) is 5.82 Å². The largest absolute Gasteiger partial charge is 0.207 e. The summed E-state index contributed by atoms with van der Waals surface area (Å²) >= 11 is 3.80. The number of benzene rings is 1.